The molecule has 23 heavy (non-hydrogen) atoms. The van der Waals surface area contributed by atoms with Gasteiger partial charge in [-0.2, -0.15) is 0 Å². The third-order valence-corrected chi connectivity index (χ3v) is 4.69. The lowest BCUT2D eigenvalue weighted by Crippen LogP contribution is -2.16. The van der Waals surface area contributed by atoms with Crippen molar-refractivity contribution in [1.82, 2.24) is 4.98 Å². The van der Waals surface area contributed by atoms with E-state index in [2.05, 4.69) is 9.71 Å². The van der Waals surface area contributed by atoms with Crippen molar-refractivity contribution in [3.63, 3.8) is 0 Å². The molecule has 0 bridgehead atoms. The van der Waals surface area contributed by atoms with E-state index in [-0.39, 0.29) is 21.9 Å². The molecule has 0 fully saturated rings. The summed E-state index contributed by atoms with van der Waals surface area (Å²) in [5, 5.41) is 0. The van der Waals surface area contributed by atoms with Crippen molar-refractivity contribution < 1.29 is 13.2 Å². The highest BCUT2D eigenvalue weighted by Gasteiger charge is 2.19. The van der Waals surface area contributed by atoms with Crippen LogP contribution in [0.4, 0.5) is 5.69 Å². The molecule has 0 spiro atoms. The molecule has 0 radical (unpaired) electrons. The van der Waals surface area contributed by atoms with E-state index in [0.717, 1.165) is 0 Å². The minimum Gasteiger partial charge on any atom is -0.359 e. The summed E-state index contributed by atoms with van der Waals surface area (Å²) >= 11 is 0. The number of ketones is 1. The molecule has 3 aromatic rings. The second-order valence-electron chi connectivity index (χ2n) is 4.88. The van der Waals surface area contributed by atoms with Crippen molar-refractivity contribution in [2.45, 2.75) is 4.90 Å². The van der Waals surface area contributed by atoms with Crippen LogP contribution in [0.15, 0.2) is 77.8 Å². The van der Waals surface area contributed by atoms with Gasteiger partial charge in [0.15, 0.2) is 0 Å². The molecule has 0 atom stereocenters. The Bertz CT molecular complexity index is 917. The number of aromatic amines is 1. The highest BCUT2D eigenvalue weighted by molar-refractivity contribution is 7.92. The van der Waals surface area contributed by atoms with Gasteiger partial charge in [0.05, 0.1) is 16.3 Å². The first kappa shape index (κ1) is 15.1. The summed E-state index contributed by atoms with van der Waals surface area (Å²) in [5.41, 5.74) is 0.932. The third kappa shape index (κ3) is 3.17. The Morgan fingerprint density at radius 2 is 1.57 bits per heavy atom. The number of hydrogen-bond acceptors (Lipinski definition) is 3. The van der Waals surface area contributed by atoms with Gasteiger partial charge in [0.25, 0.3) is 10.0 Å². The molecule has 2 N–H and O–H groups in total. The molecule has 116 valence electrons. The van der Waals surface area contributed by atoms with E-state index in [9.17, 15) is 13.2 Å². The number of anilines is 1. The molecule has 2 aromatic carbocycles. The van der Waals surface area contributed by atoms with E-state index >= 15 is 0 Å². The van der Waals surface area contributed by atoms with Gasteiger partial charge in [-0.25, -0.2) is 8.42 Å². The minimum absolute atomic E-state index is 0.141. The van der Waals surface area contributed by atoms with Crippen LogP contribution >= 0.6 is 0 Å². The standard InChI is InChI=1S/C17H14N2O3S/c20-17(16-11-6-12-18-16)14-9-4-5-10-15(14)19-23(21,22)13-7-2-1-3-8-13/h1-12,18-19H. The summed E-state index contributed by atoms with van der Waals surface area (Å²) in [6.07, 6.45) is 1.64. The number of nitrogens with one attached hydrogen (secondary N) is 2. The molecule has 3 rings (SSSR count). The fourth-order valence-electron chi connectivity index (χ4n) is 2.19. The molecule has 0 amide bonds. The number of benzene rings is 2. The summed E-state index contributed by atoms with van der Waals surface area (Å²) in [4.78, 5) is 15.5. The van der Waals surface area contributed by atoms with Crippen molar-refractivity contribution in [1.29, 1.82) is 0 Å². The third-order valence-electron chi connectivity index (χ3n) is 3.31. The Morgan fingerprint density at radius 1 is 0.870 bits per heavy atom. The zero-order valence-electron chi connectivity index (χ0n) is 12.1. The quantitative estimate of drug-likeness (QED) is 0.707. The van der Waals surface area contributed by atoms with Crippen LogP contribution in [-0.2, 0) is 10.0 Å². The fraction of sp³-hybridized carbons (Fsp3) is 0. The van der Waals surface area contributed by atoms with Crippen LogP contribution < -0.4 is 4.72 Å². The van der Waals surface area contributed by atoms with Gasteiger partial charge in [-0.15, -0.1) is 0 Å². The molecule has 1 aromatic heterocycles. The topological polar surface area (TPSA) is 79.0 Å². The largest absolute Gasteiger partial charge is 0.359 e. The van der Waals surface area contributed by atoms with Gasteiger partial charge in [-0.05, 0) is 36.4 Å². The first-order valence-electron chi connectivity index (χ1n) is 6.93. The monoisotopic (exact) mass is 326 g/mol. The highest BCUT2D eigenvalue weighted by Crippen LogP contribution is 2.22. The molecular formula is C17H14N2O3S. The molecular weight excluding hydrogens is 312 g/mol. The Balaban J connectivity index is 1.97. The van der Waals surface area contributed by atoms with Gasteiger partial charge < -0.3 is 4.98 Å². The lowest BCUT2D eigenvalue weighted by molar-refractivity contribution is 0.103. The van der Waals surface area contributed by atoms with Crippen molar-refractivity contribution in [2.75, 3.05) is 4.72 Å². The minimum atomic E-state index is -3.75. The van der Waals surface area contributed by atoms with E-state index in [1.807, 2.05) is 0 Å². The zero-order valence-corrected chi connectivity index (χ0v) is 12.9. The summed E-state index contributed by atoms with van der Waals surface area (Å²) in [7, 11) is -3.75. The normalized spacial score (nSPS) is 11.1. The number of aromatic nitrogens is 1. The molecule has 0 unspecified atom stereocenters. The van der Waals surface area contributed by atoms with Gasteiger partial charge in [0.1, 0.15) is 0 Å². The van der Waals surface area contributed by atoms with Crippen LogP contribution in [0.1, 0.15) is 16.1 Å². The molecule has 0 saturated heterocycles. The summed E-state index contributed by atoms with van der Waals surface area (Å²) in [6.45, 7) is 0. The van der Waals surface area contributed by atoms with Gasteiger partial charge in [-0.1, -0.05) is 30.3 Å². The maximum atomic E-state index is 12.5. The second kappa shape index (κ2) is 6.10. The van der Waals surface area contributed by atoms with Gasteiger partial charge in [-0.3, -0.25) is 9.52 Å². The van der Waals surface area contributed by atoms with Gasteiger partial charge in [0, 0.05) is 11.8 Å². The maximum absolute atomic E-state index is 12.5. The van der Waals surface area contributed by atoms with Crippen LogP contribution in [0, 0.1) is 0 Å². The average molecular weight is 326 g/mol. The predicted molar refractivity (Wildman–Crippen MR) is 87.9 cm³/mol. The summed E-state index contributed by atoms with van der Waals surface area (Å²) < 4.78 is 27.3. The molecule has 5 nitrogen and oxygen atoms in total. The van der Waals surface area contributed by atoms with Gasteiger partial charge >= 0.3 is 0 Å². The smallest absolute Gasteiger partial charge is 0.261 e. The fourth-order valence-corrected chi connectivity index (χ4v) is 3.29. The van der Waals surface area contributed by atoms with Crippen molar-refractivity contribution >= 4 is 21.5 Å². The van der Waals surface area contributed by atoms with Crippen LogP contribution in [0.3, 0.4) is 0 Å². The van der Waals surface area contributed by atoms with E-state index in [1.165, 1.54) is 12.1 Å². The Hall–Kier alpha value is -2.86. The number of hydrogen-bond donors (Lipinski definition) is 2. The SMILES string of the molecule is O=C(c1ccc[nH]1)c1ccccc1NS(=O)(=O)c1ccccc1. The predicted octanol–water partition coefficient (Wildman–Crippen LogP) is 3.05. The molecule has 0 saturated carbocycles. The van der Waals surface area contributed by atoms with E-state index in [1.54, 1.807) is 60.8 Å². The van der Waals surface area contributed by atoms with E-state index in [4.69, 9.17) is 0 Å². The lowest BCUT2D eigenvalue weighted by atomic mass is 10.1. The van der Waals surface area contributed by atoms with E-state index in [0.29, 0.717) is 5.69 Å². The maximum Gasteiger partial charge on any atom is 0.261 e. The summed E-state index contributed by atoms with van der Waals surface area (Å²) in [5.74, 6) is -0.277. The highest BCUT2D eigenvalue weighted by atomic mass is 32.2. The number of para-hydroxylation sites is 1. The summed E-state index contributed by atoms with van der Waals surface area (Å²) in [6, 6.07) is 17.9. The van der Waals surface area contributed by atoms with Crippen LogP contribution in [0.2, 0.25) is 0 Å². The van der Waals surface area contributed by atoms with Crippen molar-refractivity contribution in [3.05, 3.63) is 84.2 Å². The molecule has 1 heterocycles. The second-order valence-corrected chi connectivity index (χ2v) is 6.56. The first-order chi connectivity index (χ1) is 11.1. The molecule has 0 aliphatic carbocycles. The number of sulfonamides is 1. The molecule has 0 aliphatic rings. The molecule has 0 aliphatic heterocycles. The lowest BCUT2D eigenvalue weighted by Gasteiger charge is -2.11. The van der Waals surface area contributed by atoms with Crippen molar-refractivity contribution in [3.8, 4) is 0 Å². The zero-order chi connectivity index (χ0) is 16.3. The van der Waals surface area contributed by atoms with Crippen molar-refractivity contribution in [2.24, 2.45) is 0 Å². The number of carbonyl (C=O) groups is 1. The number of rotatable bonds is 5. The Labute approximate surface area is 134 Å². The first-order valence-corrected chi connectivity index (χ1v) is 8.41. The van der Waals surface area contributed by atoms with Crippen LogP contribution in [0.5, 0.6) is 0 Å². The van der Waals surface area contributed by atoms with Crippen LogP contribution in [0.25, 0.3) is 0 Å². The molecule has 6 heteroatoms. The Morgan fingerprint density at radius 3 is 2.26 bits per heavy atom. The van der Waals surface area contributed by atoms with Gasteiger partial charge in [0.2, 0.25) is 5.78 Å². The number of H-pyrrole nitrogens is 1. The van der Waals surface area contributed by atoms with Crippen LogP contribution in [-0.4, -0.2) is 19.2 Å². The van der Waals surface area contributed by atoms with E-state index < -0.39 is 10.0 Å². The number of carbonyl (C=O) groups excluding carboxylic acids is 1. The Kier molecular flexibility index (Phi) is 3.99. The average Bonchev–Trinajstić information content (AvgIpc) is 3.10.